The Morgan fingerprint density at radius 2 is 1.89 bits per heavy atom. The third-order valence-corrected chi connectivity index (χ3v) is 7.83. The zero-order valence-corrected chi connectivity index (χ0v) is 22.4. The number of allylic oxidation sites excluding steroid dienone is 5. The van der Waals surface area contributed by atoms with E-state index in [1.807, 2.05) is 30.0 Å². The molecule has 38 heavy (non-hydrogen) atoms. The van der Waals surface area contributed by atoms with Crippen LogP contribution >= 0.6 is 0 Å². The number of carbonyl (C=O) groups is 2. The first kappa shape index (κ1) is 28.1. The molecule has 1 saturated heterocycles. The lowest BCUT2D eigenvalue weighted by Gasteiger charge is -2.40. The molecule has 1 aliphatic carbocycles. The van der Waals surface area contributed by atoms with Gasteiger partial charge in [-0.3, -0.25) is 9.59 Å². The number of nitrogens with zero attached hydrogens (tertiary/aromatic N) is 2. The van der Waals surface area contributed by atoms with Crippen LogP contribution in [0.2, 0.25) is 0 Å². The third-order valence-electron chi connectivity index (χ3n) is 7.83. The van der Waals surface area contributed by atoms with Gasteiger partial charge in [-0.15, -0.1) is 0 Å². The molecule has 0 atom stereocenters. The van der Waals surface area contributed by atoms with Gasteiger partial charge in [0.05, 0.1) is 6.42 Å². The minimum Gasteiger partial charge on any atom is -0.368 e. The van der Waals surface area contributed by atoms with Crippen LogP contribution < -0.4 is 10.2 Å². The first-order chi connectivity index (χ1) is 18.2. The maximum Gasteiger partial charge on any atom is 0.390 e. The Labute approximate surface area is 223 Å². The summed E-state index contributed by atoms with van der Waals surface area (Å²) in [5.41, 5.74) is 5.31. The number of piperidine rings is 1. The average Bonchev–Trinajstić information content (AvgIpc) is 2.87. The number of ketones is 1. The lowest BCUT2D eigenvalue weighted by molar-refractivity contribution is -0.138. The number of likely N-dealkylation sites (tertiary alicyclic amines) is 1. The zero-order valence-electron chi connectivity index (χ0n) is 22.4. The van der Waals surface area contributed by atoms with Crippen molar-refractivity contribution in [3.63, 3.8) is 0 Å². The van der Waals surface area contributed by atoms with E-state index < -0.39 is 12.6 Å². The highest BCUT2D eigenvalue weighted by molar-refractivity contribution is 6.02. The molecule has 5 nitrogen and oxygen atoms in total. The fourth-order valence-corrected chi connectivity index (χ4v) is 5.87. The fraction of sp³-hybridized carbons (Fsp3) is 0.533. The molecule has 0 aromatic heterocycles. The Hall–Kier alpha value is -2.87. The maximum atomic E-state index is 13.4. The molecule has 1 amide bonds. The lowest BCUT2D eigenvalue weighted by atomic mass is 9.89. The number of benzene rings is 1. The fourth-order valence-electron chi connectivity index (χ4n) is 5.87. The van der Waals surface area contributed by atoms with E-state index in [9.17, 15) is 22.8 Å². The van der Waals surface area contributed by atoms with Gasteiger partial charge in [-0.2, -0.15) is 13.2 Å². The highest BCUT2D eigenvalue weighted by atomic mass is 19.4. The molecule has 0 unspecified atom stereocenters. The van der Waals surface area contributed by atoms with Crippen molar-refractivity contribution >= 4 is 17.4 Å². The molecule has 1 aromatic carbocycles. The topological polar surface area (TPSA) is 52.7 Å². The van der Waals surface area contributed by atoms with Gasteiger partial charge in [0, 0.05) is 62.0 Å². The van der Waals surface area contributed by atoms with Gasteiger partial charge in [-0.1, -0.05) is 29.9 Å². The molecule has 0 radical (unpaired) electrons. The molecule has 0 bridgehead atoms. The summed E-state index contributed by atoms with van der Waals surface area (Å²) in [5, 5.41) is 3.01. The molecule has 1 fully saturated rings. The molecule has 2 aliphatic heterocycles. The van der Waals surface area contributed by atoms with Gasteiger partial charge >= 0.3 is 6.18 Å². The summed E-state index contributed by atoms with van der Waals surface area (Å²) in [4.78, 5) is 30.4. The van der Waals surface area contributed by atoms with Crippen molar-refractivity contribution < 1.29 is 22.8 Å². The van der Waals surface area contributed by atoms with Crippen LogP contribution in [0.4, 0.5) is 18.9 Å². The van der Waals surface area contributed by atoms with Crippen LogP contribution in [0.15, 0.2) is 53.1 Å². The van der Waals surface area contributed by atoms with Crippen molar-refractivity contribution in [2.75, 3.05) is 37.6 Å². The van der Waals surface area contributed by atoms with Crippen LogP contribution in [0.5, 0.6) is 0 Å². The first-order valence-corrected chi connectivity index (χ1v) is 13.7. The molecule has 206 valence electrons. The summed E-state index contributed by atoms with van der Waals surface area (Å²) < 4.78 is 38.0. The second-order valence-electron chi connectivity index (χ2n) is 10.5. The molecule has 4 rings (SSSR count). The van der Waals surface area contributed by atoms with E-state index in [0.29, 0.717) is 37.1 Å². The number of alkyl halides is 3. The van der Waals surface area contributed by atoms with Crippen molar-refractivity contribution in [1.82, 2.24) is 10.2 Å². The Morgan fingerprint density at radius 3 is 2.61 bits per heavy atom. The SMILES string of the molecule is CCN(c1cccc2c1C/C=C/CCC1=C(CNC2=O)C(=O)CC(C)=C1)C1CCN(CCC(F)(F)F)CC1. The predicted molar refractivity (Wildman–Crippen MR) is 144 cm³/mol. The molecule has 0 spiro atoms. The van der Waals surface area contributed by atoms with Crippen LogP contribution in [-0.4, -0.2) is 61.5 Å². The summed E-state index contributed by atoms with van der Waals surface area (Å²) in [5.74, 6) is -0.117. The van der Waals surface area contributed by atoms with Crippen LogP contribution in [0, 0.1) is 0 Å². The Kier molecular flexibility index (Phi) is 9.13. The van der Waals surface area contributed by atoms with Crippen LogP contribution in [0.1, 0.15) is 68.3 Å². The zero-order chi connectivity index (χ0) is 27.3. The normalized spacial score (nSPS) is 21.0. The van der Waals surface area contributed by atoms with E-state index in [1.165, 1.54) is 0 Å². The van der Waals surface area contributed by atoms with Crippen molar-refractivity contribution in [1.29, 1.82) is 0 Å². The van der Waals surface area contributed by atoms with Gasteiger partial charge in [0.15, 0.2) is 5.78 Å². The van der Waals surface area contributed by atoms with E-state index in [-0.39, 0.29) is 30.8 Å². The third kappa shape index (κ3) is 6.95. The lowest BCUT2D eigenvalue weighted by Crippen LogP contribution is -2.46. The van der Waals surface area contributed by atoms with Gasteiger partial charge < -0.3 is 15.1 Å². The van der Waals surface area contributed by atoms with Gasteiger partial charge in [-0.25, -0.2) is 0 Å². The number of anilines is 1. The number of halogens is 3. The summed E-state index contributed by atoms with van der Waals surface area (Å²) in [6.45, 7) is 6.32. The molecule has 1 aromatic rings. The van der Waals surface area contributed by atoms with Crippen LogP contribution in [0.25, 0.3) is 0 Å². The summed E-state index contributed by atoms with van der Waals surface area (Å²) in [6.07, 6.45) is 5.55. The van der Waals surface area contributed by atoms with E-state index in [2.05, 4.69) is 35.4 Å². The Morgan fingerprint density at radius 1 is 1.13 bits per heavy atom. The van der Waals surface area contributed by atoms with Crippen LogP contribution in [-0.2, 0) is 11.2 Å². The molecule has 3 aliphatic rings. The molecular weight excluding hydrogens is 491 g/mol. The van der Waals surface area contributed by atoms with Crippen molar-refractivity contribution in [2.24, 2.45) is 0 Å². The minimum atomic E-state index is -4.13. The summed E-state index contributed by atoms with van der Waals surface area (Å²) in [7, 11) is 0. The average molecular weight is 530 g/mol. The first-order valence-electron chi connectivity index (χ1n) is 13.7. The molecule has 1 N–H and O–H groups in total. The Balaban J connectivity index is 1.55. The summed E-state index contributed by atoms with van der Waals surface area (Å²) >= 11 is 0. The van der Waals surface area contributed by atoms with E-state index in [1.54, 1.807) is 0 Å². The van der Waals surface area contributed by atoms with Crippen LogP contribution in [0.3, 0.4) is 0 Å². The molecular formula is C30H38F3N3O2. The number of Topliss-reactive ketones (excluding diaryl/α,β-unsaturated/α-hetero) is 1. The highest BCUT2D eigenvalue weighted by Crippen LogP contribution is 2.31. The van der Waals surface area contributed by atoms with E-state index in [0.717, 1.165) is 54.6 Å². The Bertz CT molecular complexity index is 1130. The van der Waals surface area contributed by atoms with Gasteiger partial charge in [0.2, 0.25) is 0 Å². The van der Waals surface area contributed by atoms with Crippen molar-refractivity contribution in [3.8, 4) is 0 Å². The molecule has 2 heterocycles. The standard InChI is InChI=1S/C30H38F3N3O2/c1-3-36(23-12-15-35(16-13-23)17-14-30(31,32)33)27-11-7-10-25-24(27)9-6-4-5-8-22-18-21(2)19-28(37)26(22)20-34-29(25)38/h4,6-7,10-11,18,23H,3,5,8-9,12-17,19-20H2,1-2H3,(H,34,38)/b6-4+. The number of carbonyl (C=O) groups excluding carboxylic acids is 2. The van der Waals surface area contributed by atoms with E-state index >= 15 is 0 Å². The van der Waals surface area contributed by atoms with Crippen molar-refractivity contribution in [2.45, 2.75) is 71.0 Å². The van der Waals surface area contributed by atoms with E-state index in [4.69, 9.17) is 0 Å². The largest absolute Gasteiger partial charge is 0.390 e. The smallest absolute Gasteiger partial charge is 0.368 e. The number of nitrogens with one attached hydrogen (secondary N) is 1. The number of hydrogen-bond acceptors (Lipinski definition) is 4. The monoisotopic (exact) mass is 529 g/mol. The number of fused-ring (bicyclic) bond motifs is 1. The highest BCUT2D eigenvalue weighted by Gasteiger charge is 2.31. The summed E-state index contributed by atoms with van der Waals surface area (Å²) in [6, 6.07) is 5.98. The molecule has 8 heteroatoms. The van der Waals surface area contributed by atoms with Gasteiger partial charge in [-0.05, 0) is 69.2 Å². The number of rotatable bonds is 5. The minimum absolute atomic E-state index is 0.0457. The predicted octanol–water partition coefficient (Wildman–Crippen LogP) is 5.77. The number of amides is 1. The van der Waals surface area contributed by atoms with Gasteiger partial charge in [0.25, 0.3) is 5.91 Å². The maximum absolute atomic E-state index is 13.4. The second-order valence-corrected chi connectivity index (χ2v) is 10.5. The van der Waals surface area contributed by atoms with Crippen molar-refractivity contribution in [3.05, 3.63) is 64.3 Å². The number of hydrogen-bond donors (Lipinski definition) is 1. The molecule has 0 saturated carbocycles. The quantitative estimate of drug-likeness (QED) is 0.493. The second kappa shape index (κ2) is 12.3. The van der Waals surface area contributed by atoms with Gasteiger partial charge in [0.1, 0.15) is 0 Å².